The number of esters is 1. The second-order valence-corrected chi connectivity index (χ2v) is 5.76. The van der Waals surface area contributed by atoms with Gasteiger partial charge in [0, 0.05) is 6.42 Å². The summed E-state index contributed by atoms with van der Waals surface area (Å²) in [6.45, 7) is 6.25. The van der Waals surface area contributed by atoms with E-state index in [-0.39, 0.29) is 29.7 Å². The first-order chi connectivity index (χ1) is 8.04. The lowest BCUT2D eigenvalue weighted by molar-refractivity contribution is -0.152. The SMILES string of the molecule is CCC(C)OC12CCCC(C1)C(=O)OC(C)C2. The van der Waals surface area contributed by atoms with E-state index in [0.29, 0.717) is 0 Å². The Kier molecular flexibility index (Phi) is 3.76. The number of cyclic esters (lactones) is 1. The van der Waals surface area contributed by atoms with Crippen LogP contribution in [0, 0.1) is 5.92 Å². The summed E-state index contributed by atoms with van der Waals surface area (Å²) >= 11 is 0. The molecule has 0 spiro atoms. The zero-order valence-corrected chi connectivity index (χ0v) is 11.2. The van der Waals surface area contributed by atoms with E-state index in [2.05, 4.69) is 13.8 Å². The summed E-state index contributed by atoms with van der Waals surface area (Å²) in [5.74, 6) is 0.0598. The van der Waals surface area contributed by atoms with Crippen LogP contribution in [0.3, 0.4) is 0 Å². The summed E-state index contributed by atoms with van der Waals surface area (Å²) in [5.41, 5.74) is -0.107. The molecule has 0 radical (unpaired) electrons. The van der Waals surface area contributed by atoms with Crippen LogP contribution in [-0.2, 0) is 14.3 Å². The van der Waals surface area contributed by atoms with Crippen LogP contribution in [0.4, 0.5) is 0 Å². The lowest BCUT2D eigenvalue weighted by atomic mass is 9.76. The lowest BCUT2D eigenvalue weighted by Gasteiger charge is -2.40. The molecular formula is C14H24O3. The van der Waals surface area contributed by atoms with Gasteiger partial charge in [-0.25, -0.2) is 0 Å². The molecular weight excluding hydrogens is 216 g/mol. The van der Waals surface area contributed by atoms with Crippen LogP contribution in [-0.4, -0.2) is 23.8 Å². The number of carbonyl (C=O) groups is 1. The molecule has 98 valence electrons. The highest BCUT2D eigenvalue weighted by Crippen LogP contribution is 2.42. The number of carbonyl (C=O) groups excluding carboxylic acids is 1. The highest BCUT2D eigenvalue weighted by molar-refractivity contribution is 5.73. The fourth-order valence-electron chi connectivity index (χ4n) is 3.24. The smallest absolute Gasteiger partial charge is 0.309 e. The maximum atomic E-state index is 11.9. The van der Waals surface area contributed by atoms with Gasteiger partial charge < -0.3 is 9.47 Å². The summed E-state index contributed by atoms with van der Waals surface area (Å²) in [5, 5.41) is 0. The second kappa shape index (κ2) is 4.97. The highest BCUT2D eigenvalue weighted by atomic mass is 16.6. The van der Waals surface area contributed by atoms with Gasteiger partial charge in [-0.2, -0.15) is 0 Å². The topological polar surface area (TPSA) is 35.5 Å². The molecule has 1 aliphatic carbocycles. The molecule has 17 heavy (non-hydrogen) atoms. The normalized spacial score (nSPS) is 39.4. The van der Waals surface area contributed by atoms with E-state index >= 15 is 0 Å². The van der Waals surface area contributed by atoms with Crippen molar-refractivity contribution in [3.05, 3.63) is 0 Å². The van der Waals surface area contributed by atoms with Gasteiger partial charge in [0.25, 0.3) is 0 Å². The van der Waals surface area contributed by atoms with Crippen molar-refractivity contribution in [1.29, 1.82) is 0 Å². The van der Waals surface area contributed by atoms with E-state index in [1.54, 1.807) is 0 Å². The van der Waals surface area contributed by atoms with E-state index in [1.807, 2.05) is 6.92 Å². The average molecular weight is 240 g/mol. The van der Waals surface area contributed by atoms with Gasteiger partial charge in [0.2, 0.25) is 0 Å². The molecule has 3 nitrogen and oxygen atoms in total. The van der Waals surface area contributed by atoms with E-state index in [4.69, 9.17) is 9.47 Å². The van der Waals surface area contributed by atoms with E-state index in [9.17, 15) is 4.79 Å². The monoisotopic (exact) mass is 240 g/mol. The molecule has 0 amide bonds. The molecule has 2 fully saturated rings. The van der Waals surface area contributed by atoms with Gasteiger partial charge in [-0.15, -0.1) is 0 Å². The first-order valence-electron chi connectivity index (χ1n) is 6.93. The van der Waals surface area contributed by atoms with Crippen LogP contribution >= 0.6 is 0 Å². The molecule has 2 bridgehead atoms. The van der Waals surface area contributed by atoms with Crippen LogP contribution in [0.25, 0.3) is 0 Å². The van der Waals surface area contributed by atoms with Crippen LogP contribution < -0.4 is 0 Å². The van der Waals surface area contributed by atoms with E-state index in [0.717, 1.165) is 38.5 Å². The van der Waals surface area contributed by atoms with Crippen molar-refractivity contribution in [2.24, 2.45) is 5.92 Å². The largest absolute Gasteiger partial charge is 0.462 e. The fraction of sp³-hybridized carbons (Fsp3) is 0.929. The van der Waals surface area contributed by atoms with Gasteiger partial charge in [-0.1, -0.05) is 6.92 Å². The zero-order chi connectivity index (χ0) is 12.5. The Balaban J connectivity index is 2.15. The standard InChI is InChI=1S/C14H24O3/c1-4-10(2)17-14-7-5-6-12(9-14)13(15)16-11(3)8-14/h10-12H,4-9H2,1-3H3. The van der Waals surface area contributed by atoms with Crippen molar-refractivity contribution in [2.75, 3.05) is 0 Å². The summed E-state index contributed by atoms with van der Waals surface area (Å²) in [6, 6.07) is 0. The zero-order valence-electron chi connectivity index (χ0n) is 11.2. The van der Waals surface area contributed by atoms with Gasteiger partial charge in [0.15, 0.2) is 0 Å². The third-order valence-electron chi connectivity index (χ3n) is 4.14. The summed E-state index contributed by atoms with van der Waals surface area (Å²) in [4.78, 5) is 11.9. The molecule has 1 saturated heterocycles. The number of hydrogen-bond donors (Lipinski definition) is 0. The molecule has 0 aromatic carbocycles. The lowest BCUT2D eigenvalue weighted by Crippen LogP contribution is -2.41. The molecule has 0 aromatic heterocycles. The van der Waals surface area contributed by atoms with Crippen molar-refractivity contribution in [3.63, 3.8) is 0 Å². The molecule has 2 rings (SSSR count). The van der Waals surface area contributed by atoms with Crippen molar-refractivity contribution in [2.45, 2.75) is 77.1 Å². The summed E-state index contributed by atoms with van der Waals surface area (Å²) < 4.78 is 11.7. The summed E-state index contributed by atoms with van der Waals surface area (Å²) in [7, 11) is 0. The quantitative estimate of drug-likeness (QED) is 0.711. The second-order valence-electron chi connectivity index (χ2n) is 5.76. The van der Waals surface area contributed by atoms with E-state index < -0.39 is 0 Å². The van der Waals surface area contributed by atoms with Gasteiger partial charge in [-0.05, 0) is 46.0 Å². The first-order valence-corrected chi connectivity index (χ1v) is 6.93. The molecule has 1 heterocycles. The predicted molar refractivity (Wildman–Crippen MR) is 65.7 cm³/mol. The Hall–Kier alpha value is -0.570. The molecule has 0 aromatic rings. The molecule has 4 unspecified atom stereocenters. The minimum absolute atomic E-state index is 0.00495. The van der Waals surface area contributed by atoms with E-state index in [1.165, 1.54) is 0 Å². The Morgan fingerprint density at radius 1 is 1.53 bits per heavy atom. The van der Waals surface area contributed by atoms with Gasteiger partial charge >= 0.3 is 5.97 Å². The van der Waals surface area contributed by atoms with Gasteiger partial charge in [0.1, 0.15) is 6.10 Å². The Morgan fingerprint density at radius 2 is 2.29 bits per heavy atom. The van der Waals surface area contributed by atoms with Crippen molar-refractivity contribution in [3.8, 4) is 0 Å². The van der Waals surface area contributed by atoms with Crippen LogP contribution in [0.5, 0.6) is 0 Å². The minimum Gasteiger partial charge on any atom is -0.462 e. The number of rotatable bonds is 3. The molecule has 1 saturated carbocycles. The molecule has 3 heteroatoms. The van der Waals surface area contributed by atoms with Crippen LogP contribution in [0.15, 0.2) is 0 Å². The Morgan fingerprint density at radius 3 is 3.00 bits per heavy atom. The van der Waals surface area contributed by atoms with Crippen molar-refractivity contribution < 1.29 is 14.3 Å². The summed E-state index contributed by atoms with van der Waals surface area (Å²) in [6.07, 6.45) is 6.15. The fourth-order valence-corrected chi connectivity index (χ4v) is 3.24. The Bertz CT molecular complexity index is 289. The minimum atomic E-state index is -0.107. The number of fused-ring (bicyclic) bond motifs is 2. The van der Waals surface area contributed by atoms with Crippen molar-refractivity contribution >= 4 is 5.97 Å². The first kappa shape index (κ1) is 12.9. The van der Waals surface area contributed by atoms with Gasteiger partial charge in [-0.3, -0.25) is 4.79 Å². The number of ether oxygens (including phenoxy) is 2. The third-order valence-corrected chi connectivity index (χ3v) is 4.14. The van der Waals surface area contributed by atoms with Crippen LogP contribution in [0.1, 0.15) is 59.3 Å². The molecule has 1 aliphatic heterocycles. The Labute approximate surface area is 104 Å². The predicted octanol–water partition coefficient (Wildman–Crippen LogP) is 3.07. The van der Waals surface area contributed by atoms with Crippen LogP contribution in [0.2, 0.25) is 0 Å². The molecule has 2 aliphatic rings. The molecule has 4 atom stereocenters. The third kappa shape index (κ3) is 2.82. The molecule has 0 N–H and O–H groups in total. The van der Waals surface area contributed by atoms with Gasteiger partial charge in [0.05, 0.1) is 17.6 Å². The average Bonchev–Trinajstić information content (AvgIpc) is 2.35. The maximum absolute atomic E-state index is 11.9. The maximum Gasteiger partial charge on any atom is 0.309 e. The highest BCUT2D eigenvalue weighted by Gasteiger charge is 2.45. The number of hydrogen-bond acceptors (Lipinski definition) is 3. The van der Waals surface area contributed by atoms with Crippen molar-refractivity contribution in [1.82, 2.24) is 0 Å².